The number of rotatable bonds is 5. The summed E-state index contributed by atoms with van der Waals surface area (Å²) in [5.74, 6) is -0.488. The molecule has 0 saturated heterocycles. The van der Waals surface area contributed by atoms with Crippen LogP contribution in [0.1, 0.15) is 18.5 Å². The fourth-order valence-corrected chi connectivity index (χ4v) is 2.13. The summed E-state index contributed by atoms with van der Waals surface area (Å²) in [4.78, 5) is 11.8. The zero-order valence-electron chi connectivity index (χ0n) is 11.8. The predicted molar refractivity (Wildman–Crippen MR) is 84.9 cm³/mol. The molecule has 6 heteroatoms. The molecule has 2 aromatic rings. The van der Waals surface area contributed by atoms with Crippen molar-refractivity contribution >= 4 is 29.1 Å². The topological polar surface area (TPSA) is 38.3 Å². The quantitative estimate of drug-likeness (QED) is 0.875. The average Bonchev–Trinajstić information content (AvgIpc) is 2.49. The molecular weight excluding hydrogens is 328 g/mol. The van der Waals surface area contributed by atoms with Gasteiger partial charge in [-0.3, -0.25) is 4.79 Å². The summed E-state index contributed by atoms with van der Waals surface area (Å²) in [6.45, 7) is 1.68. The second kappa shape index (κ2) is 7.47. The van der Waals surface area contributed by atoms with Gasteiger partial charge in [-0.25, -0.2) is 4.39 Å². The largest absolute Gasteiger partial charge is 0.484 e. The molecule has 0 unspecified atom stereocenters. The van der Waals surface area contributed by atoms with Gasteiger partial charge in [0.15, 0.2) is 6.61 Å². The van der Waals surface area contributed by atoms with Gasteiger partial charge in [-0.15, -0.1) is 0 Å². The third-order valence-electron chi connectivity index (χ3n) is 3.01. The number of benzene rings is 2. The molecule has 116 valence electrons. The van der Waals surface area contributed by atoms with Gasteiger partial charge in [0.2, 0.25) is 0 Å². The highest BCUT2D eigenvalue weighted by Crippen LogP contribution is 2.21. The van der Waals surface area contributed by atoms with E-state index in [1.54, 1.807) is 12.1 Å². The van der Waals surface area contributed by atoms with Gasteiger partial charge in [-0.2, -0.15) is 0 Å². The Labute approximate surface area is 138 Å². The van der Waals surface area contributed by atoms with Gasteiger partial charge in [0.1, 0.15) is 11.6 Å². The molecule has 0 saturated carbocycles. The van der Waals surface area contributed by atoms with Crippen molar-refractivity contribution in [2.75, 3.05) is 6.61 Å². The molecule has 0 radical (unpaired) electrons. The van der Waals surface area contributed by atoms with Gasteiger partial charge >= 0.3 is 0 Å². The first kappa shape index (κ1) is 16.6. The third-order valence-corrected chi connectivity index (χ3v) is 3.55. The van der Waals surface area contributed by atoms with E-state index >= 15 is 0 Å². The SMILES string of the molecule is C[C@@H](NC(=O)COc1ccc(F)c(Cl)c1)c1ccc(Cl)cc1. The Bertz CT molecular complexity index is 662. The summed E-state index contributed by atoms with van der Waals surface area (Å²) in [5.41, 5.74) is 0.933. The molecule has 0 aliphatic carbocycles. The Balaban J connectivity index is 1.87. The van der Waals surface area contributed by atoms with E-state index in [-0.39, 0.29) is 23.6 Å². The standard InChI is InChI=1S/C16H14Cl2FNO2/c1-10(11-2-4-12(17)5-3-11)20-16(21)9-22-13-6-7-15(19)14(18)8-13/h2-8,10H,9H2,1H3,(H,20,21)/t10-/m1/s1. The Morgan fingerprint density at radius 2 is 1.91 bits per heavy atom. The summed E-state index contributed by atoms with van der Waals surface area (Å²) in [6, 6.07) is 11.0. The summed E-state index contributed by atoms with van der Waals surface area (Å²) >= 11 is 11.5. The Kier molecular flexibility index (Phi) is 5.63. The molecule has 0 aliphatic rings. The molecule has 2 rings (SSSR count). The first-order chi connectivity index (χ1) is 10.5. The number of hydrogen-bond acceptors (Lipinski definition) is 2. The Morgan fingerprint density at radius 3 is 2.55 bits per heavy atom. The molecule has 0 aliphatic heterocycles. The second-order valence-corrected chi connectivity index (χ2v) is 5.55. The maximum Gasteiger partial charge on any atom is 0.258 e. The van der Waals surface area contributed by atoms with Crippen molar-refractivity contribution in [1.29, 1.82) is 0 Å². The second-order valence-electron chi connectivity index (χ2n) is 4.71. The summed E-state index contributed by atoms with van der Waals surface area (Å²) in [5, 5.41) is 3.39. The van der Waals surface area contributed by atoms with Gasteiger partial charge in [0.05, 0.1) is 11.1 Å². The van der Waals surface area contributed by atoms with Gasteiger partial charge < -0.3 is 10.1 Å². The Hall–Kier alpha value is -1.78. The molecule has 2 aromatic carbocycles. The lowest BCUT2D eigenvalue weighted by molar-refractivity contribution is -0.123. The molecule has 0 heterocycles. The minimum Gasteiger partial charge on any atom is -0.484 e. The molecule has 0 spiro atoms. The predicted octanol–water partition coefficient (Wildman–Crippen LogP) is 4.39. The van der Waals surface area contributed by atoms with Crippen LogP contribution >= 0.6 is 23.2 Å². The van der Waals surface area contributed by atoms with E-state index in [4.69, 9.17) is 27.9 Å². The van der Waals surface area contributed by atoms with Gasteiger partial charge in [-0.1, -0.05) is 35.3 Å². The summed E-state index contributed by atoms with van der Waals surface area (Å²) in [6.07, 6.45) is 0. The minimum absolute atomic E-state index is 0.0487. The number of ether oxygens (including phenoxy) is 1. The van der Waals surface area contributed by atoms with Crippen molar-refractivity contribution in [1.82, 2.24) is 5.32 Å². The van der Waals surface area contributed by atoms with Crippen molar-refractivity contribution in [3.8, 4) is 5.75 Å². The lowest BCUT2D eigenvalue weighted by atomic mass is 10.1. The van der Waals surface area contributed by atoms with E-state index in [1.165, 1.54) is 18.2 Å². The van der Waals surface area contributed by atoms with Gasteiger partial charge in [0, 0.05) is 11.1 Å². The zero-order valence-corrected chi connectivity index (χ0v) is 13.3. The van der Waals surface area contributed by atoms with Crippen molar-refractivity contribution in [3.63, 3.8) is 0 Å². The van der Waals surface area contributed by atoms with Crippen LogP contribution in [0.25, 0.3) is 0 Å². The first-order valence-electron chi connectivity index (χ1n) is 6.58. The van der Waals surface area contributed by atoms with Crippen LogP contribution in [0.2, 0.25) is 10.0 Å². The number of amides is 1. The number of carbonyl (C=O) groups excluding carboxylic acids is 1. The van der Waals surface area contributed by atoms with Crippen LogP contribution in [0, 0.1) is 5.82 Å². The zero-order chi connectivity index (χ0) is 16.1. The van der Waals surface area contributed by atoms with E-state index in [0.29, 0.717) is 10.8 Å². The molecule has 3 nitrogen and oxygen atoms in total. The van der Waals surface area contributed by atoms with Crippen LogP contribution in [0.15, 0.2) is 42.5 Å². The summed E-state index contributed by atoms with van der Waals surface area (Å²) in [7, 11) is 0. The Morgan fingerprint density at radius 1 is 1.23 bits per heavy atom. The molecular formula is C16H14Cl2FNO2. The van der Waals surface area contributed by atoms with Crippen LogP contribution < -0.4 is 10.1 Å². The van der Waals surface area contributed by atoms with Gasteiger partial charge in [0.25, 0.3) is 5.91 Å². The van der Waals surface area contributed by atoms with Gasteiger partial charge in [-0.05, 0) is 36.8 Å². The molecule has 0 fully saturated rings. The number of halogens is 3. The van der Waals surface area contributed by atoms with Crippen molar-refractivity contribution in [2.45, 2.75) is 13.0 Å². The fraction of sp³-hybridized carbons (Fsp3) is 0.188. The first-order valence-corrected chi connectivity index (χ1v) is 7.34. The van der Waals surface area contributed by atoms with E-state index in [1.807, 2.05) is 19.1 Å². The van der Waals surface area contributed by atoms with E-state index in [0.717, 1.165) is 5.56 Å². The highest BCUT2D eigenvalue weighted by atomic mass is 35.5. The average molecular weight is 342 g/mol. The van der Waals surface area contributed by atoms with Crippen molar-refractivity contribution in [3.05, 3.63) is 63.9 Å². The van der Waals surface area contributed by atoms with Crippen molar-refractivity contribution in [2.24, 2.45) is 0 Å². The van der Waals surface area contributed by atoms with Crippen LogP contribution in [0.3, 0.4) is 0 Å². The minimum atomic E-state index is -0.533. The molecule has 1 amide bonds. The van der Waals surface area contributed by atoms with Crippen LogP contribution in [0.4, 0.5) is 4.39 Å². The number of hydrogen-bond donors (Lipinski definition) is 1. The van der Waals surface area contributed by atoms with E-state index in [2.05, 4.69) is 5.32 Å². The van der Waals surface area contributed by atoms with E-state index in [9.17, 15) is 9.18 Å². The highest BCUT2D eigenvalue weighted by molar-refractivity contribution is 6.31. The maximum absolute atomic E-state index is 13.0. The van der Waals surface area contributed by atoms with E-state index < -0.39 is 5.82 Å². The fourth-order valence-electron chi connectivity index (χ4n) is 1.83. The summed E-state index contributed by atoms with van der Waals surface area (Å²) < 4.78 is 18.3. The smallest absolute Gasteiger partial charge is 0.258 e. The lowest BCUT2D eigenvalue weighted by Gasteiger charge is -2.15. The number of nitrogens with one attached hydrogen (secondary N) is 1. The van der Waals surface area contributed by atoms with Crippen molar-refractivity contribution < 1.29 is 13.9 Å². The molecule has 0 bridgehead atoms. The molecule has 22 heavy (non-hydrogen) atoms. The number of carbonyl (C=O) groups is 1. The third kappa shape index (κ3) is 4.61. The highest BCUT2D eigenvalue weighted by Gasteiger charge is 2.10. The molecule has 0 aromatic heterocycles. The monoisotopic (exact) mass is 341 g/mol. The van der Waals surface area contributed by atoms with Crippen LogP contribution in [0.5, 0.6) is 5.75 Å². The molecule has 1 atom stereocenters. The van der Waals surface area contributed by atoms with Crippen LogP contribution in [-0.4, -0.2) is 12.5 Å². The van der Waals surface area contributed by atoms with Crippen LogP contribution in [-0.2, 0) is 4.79 Å². The molecule has 1 N–H and O–H groups in total. The lowest BCUT2D eigenvalue weighted by Crippen LogP contribution is -2.31. The normalized spacial score (nSPS) is 11.8. The maximum atomic E-state index is 13.0.